The highest BCUT2D eigenvalue weighted by Gasteiger charge is 2.21. The number of guanidine groups is 1. The first-order chi connectivity index (χ1) is 13.2. The van der Waals surface area contributed by atoms with E-state index in [4.69, 9.17) is 4.52 Å². The van der Waals surface area contributed by atoms with Crippen molar-refractivity contribution in [3.05, 3.63) is 47.6 Å². The van der Waals surface area contributed by atoms with Crippen LogP contribution in [-0.2, 0) is 12.8 Å². The summed E-state index contributed by atoms with van der Waals surface area (Å²) in [7, 11) is 1.85. The summed E-state index contributed by atoms with van der Waals surface area (Å²) < 4.78 is 5.30. The number of aliphatic imine (C=N–C) groups is 1. The molecule has 1 aliphatic rings. The third-order valence-corrected chi connectivity index (χ3v) is 5.12. The molecule has 7 heteroatoms. The molecule has 3 rings (SSSR count). The molecule has 0 saturated carbocycles. The second-order valence-corrected chi connectivity index (χ2v) is 7.55. The van der Waals surface area contributed by atoms with Gasteiger partial charge in [-0.05, 0) is 30.7 Å². The Morgan fingerprint density at radius 1 is 1.25 bits per heavy atom. The Kier molecular flexibility index (Phi) is 9.21. The van der Waals surface area contributed by atoms with Crippen molar-refractivity contribution in [2.45, 2.75) is 45.4 Å². The summed E-state index contributed by atoms with van der Waals surface area (Å²) >= 11 is 0. The number of halogens is 1. The number of nitrogens with one attached hydrogen (secondary N) is 1. The molecule has 0 bridgehead atoms. The third-order valence-electron chi connectivity index (χ3n) is 5.12. The maximum atomic E-state index is 5.30. The minimum absolute atomic E-state index is 0. The molecule has 0 atom stereocenters. The summed E-state index contributed by atoms with van der Waals surface area (Å²) in [6, 6.07) is 10.8. The fraction of sp³-hybridized carbons (Fsp3) is 0.571. The van der Waals surface area contributed by atoms with E-state index in [1.807, 2.05) is 7.05 Å². The lowest BCUT2D eigenvalue weighted by Crippen LogP contribution is -2.46. The highest BCUT2D eigenvalue weighted by molar-refractivity contribution is 14.0. The van der Waals surface area contributed by atoms with Crippen LogP contribution in [0.2, 0.25) is 0 Å². The molecule has 6 nitrogen and oxygen atoms in total. The highest BCUT2D eigenvalue weighted by atomic mass is 127. The van der Waals surface area contributed by atoms with Gasteiger partial charge in [-0.25, -0.2) is 0 Å². The van der Waals surface area contributed by atoms with Crippen LogP contribution in [-0.4, -0.2) is 47.7 Å². The smallest absolute Gasteiger partial charge is 0.228 e. The van der Waals surface area contributed by atoms with Crippen LogP contribution in [0.25, 0.3) is 0 Å². The zero-order chi connectivity index (χ0) is 19.1. The maximum absolute atomic E-state index is 5.30. The van der Waals surface area contributed by atoms with Gasteiger partial charge in [0.1, 0.15) is 0 Å². The first-order valence-corrected chi connectivity index (χ1v) is 9.97. The molecule has 2 heterocycles. The van der Waals surface area contributed by atoms with E-state index in [0.29, 0.717) is 18.2 Å². The van der Waals surface area contributed by atoms with Gasteiger partial charge >= 0.3 is 0 Å². The van der Waals surface area contributed by atoms with Crippen molar-refractivity contribution >= 4 is 29.9 Å². The molecule has 1 aliphatic heterocycles. The fourth-order valence-corrected chi connectivity index (χ4v) is 3.51. The predicted molar refractivity (Wildman–Crippen MR) is 123 cm³/mol. The van der Waals surface area contributed by atoms with E-state index in [9.17, 15) is 0 Å². The first kappa shape index (κ1) is 22.6. The van der Waals surface area contributed by atoms with Gasteiger partial charge in [0.05, 0.1) is 0 Å². The van der Waals surface area contributed by atoms with Gasteiger partial charge < -0.3 is 14.7 Å². The van der Waals surface area contributed by atoms with Crippen molar-refractivity contribution in [1.29, 1.82) is 0 Å². The van der Waals surface area contributed by atoms with Crippen LogP contribution in [0.5, 0.6) is 0 Å². The Hall–Kier alpha value is -1.64. The topological polar surface area (TPSA) is 66.5 Å². The van der Waals surface area contributed by atoms with Gasteiger partial charge in [-0.1, -0.05) is 49.3 Å². The van der Waals surface area contributed by atoms with E-state index < -0.39 is 0 Å². The Morgan fingerprint density at radius 2 is 1.96 bits per heavy atom. The largest absolute Gasteiger partial charge is 0.356 e. The van der Waals surface area contributed by atoms with Gasteiger partial charge in [0.15, 0.2) is 11.8 Å². The van der Waals surface area contributed by atoms with Crippen LogP contribution in [0.3, 0.4) is 0 Å². The molecule has 154 valence electrons. The lowest BCUT2D eigenvalue weighted by molar-refractivity contribution is 0.259. The van der Waals surface area contributed by atoms with Crippen LogP contribution in [0.1, 0.15) is 49.9 Å². The average molecular weight is 497 g/mol. The summed E-state index contributed by atoms with van der Waals surface area (Å²) in [5.41, 5.74) is 1.44. The van der Waals surface area contributed by atoms with Crippen LogP contribution >= 0.6 is 24.0 Å². The van der Waals surface area contributed by atoms with Crippen molar-refractivity contribution in [2.75, 3.05) is 26.7 Å². The molecule has 0 spiro atoms. The van der Waals surface area contributed by atoms with E-state index >= 15 is 0 Å². The third kappa shape index (κ3) is 6.46. The molecule has 2 aromatic rings. The number of piperidine rings is 1. The van der Waals surface area contributed by atoms with Crippen LogP contribution in [0.15, 0.2) is 39.8 Å². The van der Waals surface area contributed by atoms with Gasteiger partial charge in [-0.3, -0.25) is 4.99 Å². The first-order valence-electron chi connectivity index (χ1n) is 9.97. The van der Waals surface area contributed by atoms with Gasteiger partial charge in [0.2, 0.25) is 5.89 Å². The number of nitrogens with zero attached hydrogens (tertiary/aromatic N) is 4. The Balaban J connectivity index is 0.00000280. The highest BCUT2D eigenvalue weighted by Crippen LogP contribution is 2.21. The zero-order valence-electron chi connectivity index (χ0n) is 17.1. The SMILES string of the molecule is CN=C(NCCc1nc(C(C)C)no1)N1CCC(Cc2ccccc2)CC1.I. The molecular weight excluding hydrogens is 465 g/mol. The molecule has 0 amide bonds. The summed E-state index contributed by atoms with van der Waals surface area (Å²) in [6.07, 6.45) is 4.30. The average Bonchev–Trinajstić information content (AvgIpc) is 3.16. The van der Waals surface area contributed by atoms with E-state index in [1.54, 1.807) is 0 Å². The Morgan fingerprint density at radius 3 is 2.57 bits per heavy atom. The maximum Gasteiger partial charge on any atom is 0.228 e. The summed E-state index contributed by atoms with van der Waals surface area (Å²) in [5.74, 6) is 3.48. The van der Waals surface area contributed by atoms with Crippen molar-refractivity contribution in [2.24, 2.45) is 10.9 Å². The second kappa shape index (κ2) is 11.4. The Bertz CT molecular complexity index is 723. The van der Waals surface area contributed by atoms with Crippen molar-refractivity contribution in [3.8, 4) is 0 Å². The molecule has 1 aromatic heterocycles. The minimum atomic E-state index is 0. The Labute approximate surface area is 185 Å². The molecule has 1 saturated heterocycles. The lowest BCUT2D eigenvalue weighted by atomic mass is 9.90. The standard InChI is InChI=1S/C21H31N5O.HI/c1-16(2)20-24-19(27-25-20)9-12-23-21(22-3)26-13-10-18(11-14-26)15-17-7-5-4-6-8-17;/h4-8,16,18H,9-15H2,1-3H3,(H,22,23);1H. The second-order valence-electron chi connectivity index (χ2n) is 7.55. The normalized spacial score (nSPS) is 15.6. The lowest BCUT2D eigenvalue weighted by Gasteiger charge is -2.34. The number of rotatable bonds is 6. The summed E-state index contributed by atoms with van der Waals surface area (Å²) in [5, 5.41) is 7.45. The number of benzene rings is 1. The summed E-state index contributed by atoms with van der Waals surface area (Å²) in [4.78, 5) is 11.2. The fourth-order valence-electron chi connectivity index (χ4n) is 3.51. The molecule has 0 radical (unpaired) electrons. The predicted octanol–water partition coefficient (Wildman–Crippen LogP) is 3.88. The monoisotopic (exact) mass is 497 g/mol. The van der Waals surface area contributed by atoms with Gasteiger partial charge in [-0.15, -0.1) is 24.0 Å². The molecule has 0 aliphatic carbocycles. The van der Waals surface area contributed by atoms with Crippen LogP contribution in [0.4, 0.5) is 0 Å². The van der Waals surface area contributed by atoms with Crippen LogP contribution < -0.4 is 5.32 Å². The molecule has 28 heavy (non-hydrogen) atoms. The van der Waals surface area contributed by atoms with Gasteiger partial charge in [-0.2, -0.15) is 4.98 Å². The van der Waals surface area contributed by atoms with Crippen molar-refractivity contribution in [3.63, 3.8) is 0 Å². The number of likely N-dealkylation sites (tertiary alicyclic amines) is 1. The molecule has 1 aromatic carbocycles. The number of hydrogen-bond acceptors (Lipinski definition) is 4. The minimum Gasteiger partial charge on any atom is -0.356 e. The molecule has 0 unspecified atom stereocenters. The van der Waals surface area contributed by atoms with E-state index in [2.05, 4.69) is 69.5 Å². The molecular formula is C21H32IN5O. The van der Waals surface area contributed by atoms with Crippen molar-refractivity contribution in [1.82, 2.24) is 20.4 Å². The van der Waals surface area contributed by atoms with E-state index in [0.717, 1.165) is 37.3 Å². The zero-order valence-corrected chi connectivity index (χ0v) is 19.4. The number of hydrogen-bond donors (Lipinski definition) is 1. The van der Waals surface area contributed by atoms with Gasteiger partial charge in [0, 0.05) is 39.0 Å². The van der Waals surface area contributed by atoms with E-state index in [1.165, 1.54) is 24.8 Å². The van der Waals surface area contributed by atoms with Crippen molar-refractivity contribution < 1.29 is 4.52 Å². The molecule has 1 N–H and O–H groups in total. The molecule has 1 fully saturated rings. The summed E-state index contributed by atoms with van der Waals surface area (Å²) in [6.45, 7) is 6.98. The van der Waals surface area contributed by atoms with Crippen LogP contribution in [0, 0.1) is 5.92 Å². The quantitative estimate of drug-likeness (QED) is 0.373. The van der Waals surface area contributed by atoms with Gasteiger partial charge in [0.25, 0.3) is 0 Å². The number of aromatic nitrogens is 2. The van der Waals surface area contributed by atoms with E-state index in [-0.39, 0.29) is 24.0 Å².